The predicted octanol–water partition coefficient (Wildman–Crippen LogP) is 4.55. The Hall–Kier alpha value is -3.63. The average molecular weight is 488 g/mol. The number of halogens is 1. The molecule has 0 atom stereocenters. The quantitative estimate of drug-likeness (QED) is 0.542. The average Bonchev–Trinajstić information content (AvgIpc) is 3.68. The number of rotatable bonds is 3. The fraction of sp³-hybridized carbons (Fsp3) is 0.333. The monoisotopic (exact) mass is 487 g/mol. The summed E-state index contributed by atoms with van der Waals surface area (Å²) in [6.07, 6.45) is 3.39. The molecule has 1 aromatic heterocycles. The Kier molecular flexibility index (Phi) is 5.86. The lowest BCUT2D eigenvalue weighted by Crippen LogP contribution is -2.52. The number of amides is 3. The summed E-state index contributed by atoms with van der Waals surface area (Å²) in [7, 11) is 3.45. The van der Waals surface area contributed by atoms with Crippen molar-refractivity contribution in [3.63, 3.8) is 0 Å². The Morgan fingerprint density at radius 2 is 1.69 bits per heavy atom. The minimum absolute atomic E-state index is 0.0503. The third kappa shape index (κ3) is 4.19. The fourth-order valence-electron chi connectivity index (χ4n) is 4.74. The molecule has 1 saturated heterocycles. The number of fused-ring (bicyclic) bond motifs is 1. The maximum Gasteiger partial charge on any atom is 0.319 e. The normalized spacial score (nSPS) is 16.6. The van der Waals surface area contributed by atoms with E-state index in [1.165, 1.54) is 0 Å². The topological polar surface area (TPSA) is 80.5 Å². The molecule has 7 nitrogen and oxygen atoms in total. The van der Waals surface area contributed by atoms with Gasteiger partial charge in [0.05, 0.1) is 22.6 Å². The van der Waals surface area contributed by atoms with Gasteiger partial charge in [0, 0.05) is 62.4 Å². The van der Waals surface area contributed by atoms with Crippen LogP contribution in [0.1, 0.15) is 28.8 Å². The molecular formula is C27H26ClN5O2. The van der Waals surface area contributed by atoms with E-state index >= 15 is 0 Å². The molecule has 1 aliphatic carbocycles. The van der Waals surface area contributed by atoms with Crippen LogP contribution in [0.2, 0.25) is 5.02 Å². The summed E-state index contributed by atoms with van der Waals surface area (Å²) in [6, 6.07) is 15.8. The lowest BCUT2D eigenvalue weighted by Gasteiger charge is -2.36. The van der Waals surface area contributed by atoms with E-state index in [2.05, 4.69) is 11.1 Å². The van der Waals surface area contributed by atoms with E-state index in [1.54, 1.807) is 41.1 Å². The van der Waals surface area contributed by atoms with Crippen molar-refractivity contribution in [3.05, 3.63) is 64.8 Å². The van der Waals surface area contributed by atoms with Crippen LogP contribution >= 0.6 is 11.6 Å². The van der Waals surface area contributed by atoms with Gasteiger partial charge in [-0.15, -0.1) is 0 Å². The lowest BCUT2D eigenvalue weighted by molar-refractivity contribution is 0.0651. The van der Waals surface area contributed by atoms with E-state index in [1.807, 2.05) is 36.4 Å². The summed E-state index contributed by atoms with van der Waals surface area (Å²) >= 11 is 6.34. The molecule has 178 valence electrons. The number of hydrogen-bond donors (Lipinski definition) is 0. The first-order valence-corrected chi connectivity index (χ1v) is 12.1. The molecule has 0 unspecified atom stereocenters. The van der Waals surface area contributed by atoms with Crippen LogP contribution in [-0.4, -0.2) is 71.9 Å². The number of urea groups is 1. The van der Waals surface area contributed by atoms with Crippen LogP contribution in [-0.2, 0) is 5.41 Å². The summed E-state index contributed by atoms with van der Waals surface area (Å²) in [6.45, 7) is 1.87. The number of piperazine rings is 1. The van der Waals surface area contributed by atoms with Crippen LogP contribution < -0.4 is 0 Å². The maximum absolute atomic E-state index is 13.7. The second-order valence-electron chi connectivity index (χ2n) is 9.44. The summed E-state index contributed by atoms with van der Waals surface area (Å²) in [5.74, 6) is -0.119. The molecule has 35 heavy (non-hydrogen) atoms. The Morgan fingerprint density at radius 1 is 1.03 bits per heavy atom. The van der Waals surface area contributed by atoms with Gasteiger partial charge in [-0.25, -0.2) is 4.79 Å². The van der Waals surface area contributed by atoms with Crippen molar-refractivity contribution in [3.8, 4) is 17.2 Å². The first-order chi connectivity index (χ1) is 16.8. The summed E-state index contributed by atoms with van der Waals surface area (Å²) in [4.78, 5) is 35.6. The van der Waals surface area contributed by atoms with E-state index in [9.17, 15) is 14.9 Å². The third-order valence-corrected chi connectivity index (χ3v) is 7.21. The highest BCUT2D eigenvalue weighted by Crippen LogP contribution is 2.48. The molecule has 2 fully saturated rings. The van der Waals surface area contributed by atoms with Crippen molar-refractivity contribution in [2.24, 2.45) is 0 Å². The Labute approximate surface area is 209 Å². The van der Waals surface area contributed by atoms with E-state index < -0.39 is 0 Å². The first-order valence-electron chi connectivity index (χ1n) is 11.7. The van der Waals surface area contributed by atoms with Gasteiger partial charge in [-0.3, -0.25) is 9.78 Å². The summed E-state index contributed by atoms with van der Waals surface area (Å²) in [5, 5.41) is 10.9. The standard InChI is InChI=1S/C27H26ClN5O2/c1-31(2)26(35)33-13-11-32(12-14-33)25(34)22-16-30-23-8-7-20(28)15-21(23)24(22)18-3-5-19(6-4-18)27(17-29)9-10-27/h3-8,15-16H,9-14H2,1-2H3. The highest BCUT2D eigenvalue weighted by Gasteiger charge is 2.44. The molecule has 3 amide bonds. The molecule has 2 aliphatic rings. The molecule has 3 aromatic rings. The second kappa shape index (κ2) is 8.86. The van der Waals surface area contributed by atoms with E-state index in [0.717, 1.165) is 40.4 Å². The van der Waals surface area contributed by atoms with Crippen LogP contribution in [0.4, 0.5) is 4.79 Å². The second-order valence-corrected chi connectivity index (χ2v) is 9.87. The minimum Gasteiger partial charge on any atom is -0.335 e. The van der Waals surface area contributed by atoms with Crippen molar-refractivity contribution >= 4 is 34.4 Å². The minimum atomic E-state index is -0.371. The Morgan fingerprint density at radius 3 is 2.29 bits per heavy atom. The van der Waals surface area contributed by atoms with Crippen LogP contribution in [0.5, 0.6) is 0 Å². The number of benzene rings is 2. The number of hydrogen-bond acceptors (Lipinski definition) is 4. The number of carbonyl (C=O) groups is 2. The summed E-state index contributed by atoms with van der Waals surface area (Å²) < 4.78 is 0. The zero-order chi connectivity index (χ0) is 24.7. The smallest absolute Gasteiger partial charge is 0.319 e. The molecule has 2 aromatic carbocycles. The van der Waals surface area contributed by atoms with Crippen LogP contribution in [0.25, 0.3) is 22.0 Å². The van der Waals surface area contributed by atoms with Crippen molar-refractivity contribution in [1.82, 2.24) is 19.7 Å². The SMILES string of the molecule is CN(C)C(=O)N1CCN(C(=O)c2cnc3ccc(Cl)cc3c2-c2ccc(C3(C#N)CC3)cc2)CC1. The fourth-order valence-corrected chi connectivity index (χ4v) is 4.91. The Balaban J connectivity index is 1.52. The number of nitrogens with zero attached hydrogens (tertiary/aromatic N) is 5. The van der Waals surface area contributed by atoms with E-state index in [0.29, 0.717) is 36.8 Å². The molecule has 2 heterocycles. The molecule has 8 heteroatoms. The van der Waals surface area contributed by atoms with Crippen LogP contribution in [0.3, 0.4) is 0 Å². The molecule has 0 spiro atoms. The van der Waals surface area contributed by atoms with Crippen molar-refractivity contribution in [2.45, 2.75) is 18.3 Å². The van der Waals surface area contributed by atoms with Crippen molar-refractivity contribution in [1.29, 1.82) is 5.26 Å². The van der Waals surface area contributed by atoms with Gasteiger partial charge in [0.2, 0.25) is 0 Å². The van der Waals surface area contributed by atoms with Gasteiger partial charge in [0.1, 0.15) is 0 Å². The lowest BCUT2D eigenvalue weighted by atomic mass is 9.91. The van der Waals surface area contributed by atoms with Crippen LogP contribution in [0, 0.1) is 11.3 Å². The van der Waals surface area contributed by atoms with Crippen LogP contribution in [0.15, 0.2) is 48.7 Å². The molecule has 0 radical (unpaired) electrons. The zero-order valence-corrected chi connectivity index (χ0v) is 20.5. The molecule has 1 aliphatic heterocycles. The van der Waals surface area contributed by atoms with E-state index in [4.69, 9.17) is 11.6 Å². The Bertz CT molecular complexity index is 1350. The molecule has 1 saturated carbocycles. The van der Waals surface area contributed by atoms with Gasteiger partial charge in [0.15, 0.2) is 0 Å². The predicted molar refractivity (Wildman–Crippen MR) is 135 cm³/mol. The first kappa shape index (κ1) is 23.1. The van der Waals surface area contributed by atoms with Gasteiger partial charge < -0.3 is 14.7 Å². The van der Waals surface area contributed by atoms with Gasteiger partial charge in [-0.2, -0.15) is 5.26 Å². The highest BCUT2D eigenvalue weighted by atomic mass is 35.5. The van der Waals surface area contributed by atoms with E-state index in [-0.39, 0.29) is 17.4 Å². The number of aromatic nitrogens is 1. The number of carbonyl (C=O) groups excluding carboxylic acids is 2. The van der Waals surface area contributed by atoms with Gasteiger partial charge in [-0.1, -0.05) is 35.9 Å². The van der Waals surface area contributed by atoms with Crippen molar-refractivity contribution < 1.29 is 9.59 Å². The maximum atomic E-state index is 13.7. The number of pyridine rings is 1. The van der Waals surface area contributed by atoms with Gasteiger partial charge in [-0.05, 0) is 42.2 Å². The molecular weight excluding hydrogens is 462 g/mol. The molecule has 0 N–H and O–H groups in total. The molecule has 5 rings (SSSR count). The highest BCUT2D eigenvalue weighted by molar-refractivity contribution is 6.31. The van der Waals surface area contributed by atoms with Gasteiger partial charge >= 0.3 is 6.03 Å². The van der Waals surface area contributed by atoms with Crippen molar-refractivity contribution in [2.75, 3.05) is 40.3 Å². The molecule has 0 bridgehead atoms. The number of nitriles is 1. The van der Waals surface area contributed by atoms with Gasteiger partial charge in [0.25, 0.3) is 5.91 Å². The zero-order valence-electron chi connectivity index (χ0n) is 19.8. The summed E-state index contributed by atoms with van der Waals surface area (Å²) in [5.41, 5.74) is 3.55. The third-order valence-electron chi connectivity index (χ3n) is 6.97. The largest absolute Gasteiger partial charge is 0.335 e.